The molecule has 9 heteroatoms. The number of aryl methyl sites for hydroxylation is 1. The molecule has 5 rings (SSSR count). The van der Waals surface area contributed by atoms with Crippen LogP contribution in [0.1, 0.15) is 54.3 Å². The van der Waals surface area contributed by atoms with Gasteiger partial charge in [-0.1, -0.05) is 37.3 Å². The summed E-state index contributed by atoms with van der Waals surface area (Å²) in [7, 11) is 1.80. The number of carbonyl (C=O) groups is 1. The van der Waals surface area contributed by atoms with E-state index in [0.29, 0.717) is 18.9 Å². The lowest BCUT2D eigenvalue weighted by Crippen LogP contribution is -2.44. The Bertz CT molecular complexity index is 858. The zero-order chi connectivity index (χ0) is 19.8. The fourth-order valence-corrected chi connectivity index (χ4v) is 4.90. The number of aromatic nitrogens is 5. The van der Waals surface area contributed by atoms with Gasteiger partial charge in [-0.2, -0.15) is 0 Å². The van der Waals surface area contributed by atoms with E-state index in [1.807, 2.05) is 4.68 Å². The Labute approximate surface area is 169 Å². The van der Waals surface area contributed by atoms with Gasteiger partial charge >= 0.3 is 0 Å². The first-order valence-corrected chi connectivity index (χ1v) is 10.6. The van der Waals surface area contributed by atoms with E-state index >= 15 is 0 Å². The van der Waals surface area contributed by atoms with Crippen molar-refractivity contribution in [3.8, 4) is 0 Å². The maximum atomic E-state index is 12.5. The van der Waals surface area contributed by atoms with Crippen LogP contribution in [0.15, 0.2) is 18.7 Å². The van der Waals surface area contributed by atoms with Crippen molar-refractivity contribution in [2.45, 2.75) is 62.8 Å². The number of imidazole rings is 1. The van der Waals surface area contributed by atoms with E-state index < -0.39 is 0 Å². The van der Waals surface area contributed by atoms with E-state index in [9.17, 15) is 4.79 Å². The molecular weight excluding hydrogens is 372 g/mol. The van der Waals surface area contributed by atoms with Crippen LogP contribution in [0, 0.1) is 5.92 Å². The Morgan fingerprint density at radius 1 is 1.21 bits per heavy atom. The molecule has 0 spiro atoms. The van der Waals surface area contributed by atoms with Crippen molar-refractivity contribution in [2.24, 2.45) is 13.0 Å². The van der Waals surface area contributed by atoms with Crippen LogP contribution in [0.25, 0.3) is 0 Å². The number of ether oxygens (including phenoxy) is 2. The van der Waals surface area contributed by atoms with Crippen molar-refractivity contribution in [1.29, 1.82) is 0 Å². The second kappa shape index (κ2) is 7.87. The first-order valence-electron chi connectivity index (χ1n) is 10.6. The molecule has 4 heterocycles. The smallest absolute Gasteiger partial charge is 0.269 e. The van der Waals surface area contributed by atoms with Gasteiger partial charge in [0.15, 0.2) is 0 Å². The van der Waals surface area contributed by atoms with Gasteiger partial charge in [-0.25, -0.2) is 9.67 Å². The molecule has 0 bridgehead atoms. The molecule has 9 nitrogen and oxygen atoms in total. The van der Waals surface area contributed by atoms with Crippen LogP contribution >= 0.6 is 0 Å². The summed E-state index contributed by atoms with van der Waals surface area (Å²) in [6.07, 6.45) is 12.5. The number of hydrogen-bond donors (Lipinski definition) is 1. The van der Waals surface area contributed by atoms with E-state index in [1.54, 1.807) is 24.1 Å². The Balaban J connectivity index is 1.21. The Morgan fingerprint density at radius 2 is 2.03 bits per heavy atom. The average Bonchev–Trinajstić information content (AvgIpc) is 3.49. The van der Waals surface area contributed by atoms with Crippen molar-refractivity contribution in [2.75, 3.05) is 13.2 Å². The normalized spacial score (nSPS) is 29.8. The van der Waals surface area contributed by atoms with E-state index in [2.05, 4.69) is 26.8 Å². The monoisotopic (exact) mass is 400 g/mol. The maximum Gasteiger partial charge on any atom is 0.269 e. The molecule has 1 saturated carbocycles. The van der Waals surface area contributed by atoms with Gasteiger partial charge in [-0.05, 0) is 12.3 Å². The molecule has 1 aliphatic carbocycles. The largest absolute Gasteiger partial charge is 0.371 e. The van der Waals surface area contributed by atoms with Gasteiger partial charge in [0.05, 0.1) is 37.5 Å². The molecule has 2 aliphatic heterocycles. The van der Waals surface area contributed by atoms with Crippen molar-refractivity contribution in [3.63, 3.8) is 0 Å². The number of fused-ring (bicyclic) bond motifs is 1. The highest BCUT2D eigenvalue weighted by Crippen LogP contribution is 2.34. The van der Waals surface area contributed by atoms with Crippen molar-refractivity contribution in [1.82, 2.24) is 29.9 Å². The van der Waals surface area contributed by atoms with Crippen LogP contribution in [0.5, 0.6) is 0 Å². The summed E-state index contributed by atoms with van der Waals surface area (Å²) in [5, 5.41) is 11.8. The van der Waals surface area contributed by atoms with Gasteiger partial charge in [0.1, 0.15) is 23.9 Å². The molecule has 29 heavy (non-hydrogen) atoms. The second-order valence-corrected chi connectivity index (χ2v) is 8.53. The lowest BCUT2D eigenvalue weighted by Gasteiger charge is -2.20. The highest BCUT2D eigenvalue weighted by Gasteiger charge is 2.49. The van der Waals surface area contributed by atoms with Crippen molar-refractivity contribution < 1.29 is 14.3 Å². The summed E-state index contributed by atoms with van der Waals surface area (Å²) in [4.78, 5) is 16.5. The van der Waals surface area contributed by atoms with E-state index in [0.717, 1.165) is 18.0 Å². The first kappa shape index (κ1) is 18.7. The quantitative estimate of drug-likeness (QED) is 0.812. The number of rotatable bonds is 5. The number of carbonyl (C=O) groups excluding carboxylic acids is 1. The van der Waals surface area contributed by atoms with Gasteiger partial charge < -0.3 is 19.4 Å². The zero-order valence-corrected chi connectivity index (χ0v) is 16.7. The lowest BCUT2D eigenvalue weighted by atomic mass is 9.86. The van der Waals surface area contributed by atoms with Crippen LogP contribution < -0.4 is 5.32 Å². The Kier molecular flexibility index (Phi) is 5.09. The minimum Gasteiger partial charge on any atom is -0.371 e. The third-order valence-corrected chi connectivity index (χ3v) is 6.51. The third-order valence-electron chi connectivity index (χ3n) is 6.51. The Morgan fingerprint density at radius 3 is 2.83 bits per heavy atom. The summed E-state index contributed by atoms with van der Waals surface area (Å²) in [6, 6.07) is -0.191. The van der Waals surface area contributed by atoms with E-state index in [-0.39, 0.29) is 30.2 Å². The molecule has 2 aromatic heterocycles. The number of amides is 1. The molecule has 156 valence electrons. The minimum absolute atomic E-state index is 0.00814. The van der Waals surface area contributed by atoms with Gasteiger partial charge in [-0.3, -0.25) is 4.79 Å². The molecule has 4 unspecified atom stereocenters. The summed E-state index contributed by atoms with van der Waals surface area (Å²) in [5.74, 6) is 0.567. The van der Waals surface area contributed by atoms with Gasteiger partial charge in [-0.15, -0.1) is 5.10 Å². The van der Waals surface area contributed by atoms with Gasteiger partial charge in [0.25, 0.3) is 5.91 Å². The molecular formula is C20H28N6O3. The molecule has 2 saturated heterocycles. The fraction of sp³-hybridized carbons (Fsp3) is 0.700. The lowest BCUT2D eigenvalue weighted by molar-refractivity contribution is 0.0613. The van der Waals surface area contributed by atoms with Crippen LogP contribution in [0.3, 0.4) is 0 Å². The van der Waals surface area contributed by atoms with Gasteiger partial charge in [0, 0.05) is 13.2 Å². The summed E-state index contributed by atoms with van der Waals surface area (Å²) < 4.78 is 15.6. The van der Waals surface area contributed by atoms with Crippen molar-refractivity contribution >= 4 is 5.91 Å². The zero-order valence-electron chi connectivity index (χ0n) is 16.7. The minimum atomic E-state index is -0.183. The summed E-state index contributed by atoms with van der Waals surface area (Å²) in [5.41, 5.74) is 1.58. The van der Waals surface area contributed by atoms with Gasteiger partial charge in [0.2, 0.25) is 0 Å². The standard InChI is InChI=1S/C20H28N6O3/c1-25-12-21-8-16(25)20(27)22-15-10-28-19-17(11-29-18(15)19)26-9-14(23-24-26)7-13-5-3-2-4-6-13/h8-9,12-13,15,17-19H,2-7,10-11H2,1H3,(H,22,27). The maximum absolute atomic E-state index is 12.5. The van der Waals surface area contributed by atoms with Crippen LogP contribution in [-0.4, -0.2) is 61.9 Å². The predicted molar refractivity (Wildman–Crippen MR) is 103 cm³/mol. The molecule has 0 aromatic carbocycles. The predicted octanol–water partition coefficient (Wildman–Crippen LogP) is 1.27. The number of nitrogens with zero attached hydrogens (tertiary/aromatic N) is 5. The molecule has 0 radical (unpaired) electrons. The summed E-state index contributed by atoms with van der Waals surface area (Å²) >= 11 is 0. The highest BCUT2D eigenvalue weighted by atomic mass is 16.6. The molecule has 4 atom stereocenters. The molecule has 1 amide bonds. The van der Waals surface area contributed by atoms with E-state index in [4.69, 9.17) is 9.47 Å². The molecule has 1 N–H and O–H groups in total. The fourth-order valence-electron chi connectivity index (χ4n) is 4.90. The SMILES string of the molecule is Cn1cncc1C(=O)NC1COC2C1OCC2n1cc(CC2CCCCC2)nn1. The molecule has 3 aliphatic rings. The Hall–Kier alpha value is -2.26. The second-order valence-electron chi connectivity index (χ2n) is 8.53. The van der Waals surface area contributed by atoms with Crippen molar-refractivity contribution in [3.05, 3.63) is 30.1 Å². The van der Waals surface area contributed by atoms with Crippen LogP contribution in [0.2, 0.25) is 0 Å². The average molecular weight is 400 g/mol. The molecule has 3 fully saturated rings. The highest BCUT2D eigenvalue weighted by molar-refractivity contribution is 5.92. The first-order chi connectivity index (χ1) is 14.2. The van der Waals surface area contributed by atoms with E-state index in [1.165, 1.54) is 32.1 Å². The summed E-state index contributed by atoms with van der Waals surface area (Å²) in [6.45, 7) is 0.943. The number of hydrogen-bond acceptors (Lipinski definition) is 6. The van der Waals surface area contributed by atoms with Crippen LogP contribution in [-0.2, 0) is 22.9 Å². The third kappa shape index (κ3) is 3.69. The van der Waals surface area contributed by atoms with Crippen LogP contribution in [0.4, 0.5) is 0 Å². The molecule has 2 aromatic rings. The number of nitrogens with one attached hydrogen (secondary N) is 1. The topological polar surface area (TPSA) is 96.1 Å².